The summed E-state index contributed by atoms with van der Waals surface area (Å²) in [4.78, 5) is 22.8. The minimum atomic E-state index is -1.25. The fourth-order valence-corrected chi connectivity index (χ4v) is 3.13. The van der Waals surface area contributed by atoms with Gasteiger partial charge in [0.15, 0.2) is 11.6 Å². The molecule has 114 valence electrons. The van der Waals surface area contributed by atoms with Gasteiger partial charge in [0.2, 0.25) is 0 Å². The Labute approximate surface area is 147 Å². The Morgan fingerprint density at radius 3 is 2.29 bits per heavy atom. The van der Waals surface area contributed by atoms with Crippen molar-refractivity contribution < 1.29 is 27.8 Å². The van der Waals surface area contributed by atoms with Gasteiger partial charge in [-0.1, -0.05) is 6.58 Å². The third-order valence-corrected chi connectivity index (χ3v) is 3.85. The van der Waals surface area contributed by atoms with Gasteiger partial charge in [-0.3, -0.25) is 0 Å². The number of hydrogen-bond acceptors (Lipinski definition) is 4. The van der Waals surface area contributed by atoms with Crippen LogP contribution in [0.25, 0.3) is 0 Å². The summed E-state index contributed by atoms with van der Waals surface area (Å²) in [6, 6.07) is 1.33. The van der Waals surface area contributed by atoms with E-state index in [2.05, 4.69) is 6.58 Å². The van der Waals surface area contributed by atoms with Gasteiger partial charge < -0.3 is 9.47 Å². The summed E-state index contributed by atoms with van der Waals surface area (Å²) in [5.74, 6) is -3.99. The standard InChI is InChI=1S/C13H10F2I2O4/c1-6(2)12(18)20-3-4-21-13(19)9-7(16)5-8(17)10(14)11(9)15/h5H,1,3-4H2,2H3. The topological polar surface area (TPSA) is 52.6 Å². The molecule has 1 rings (SSSR count). The molecule has 0 bridgehead atoms. The van der Waals surface area contributed by atoms with E-state index in [0.717, 1.165) is 0 Å². The number of carbonyl (C=O) groups is 2. The van der Waals surface area contributed by atoms with Crippen LogP contribution in [0.4, 0.5) is 8.78 Å². The van der Waals surface area contributed by atoms with E-state index in [1.807, 2.05) is 0 Å². The zero-order valence-corrected chi connectivity index (χ0v) is 15.2. The molecule has 1 aromatic rings. The molecule has 0 radical (unpaired) electrons. The molecule has 0 heterocycles. The maximum atomic E-state index is 13.7. The monoisotopic (exact) mass is 522 g/mol. The van der Waals surface area contributed by atoms with Crippen LogP contribution in [-0.4, -0.2) is 25.2 Å². The molecular formula is C13H10F2I2O4. The molecule has 21 heavy (non-hydrogen) atoms. The molecule has 0 aromatic heterocycles. The number of benzene rings is 1. The Kier molecular flexibility index (Phi) is 6.97. The van der Waals surface area contributed by atoms with Gasteiger partial charge in [-0.25, -0.2) is 18.4 Å². The van der Waals surface area contributed by atoms with Gasteiger partial charge in [-0.15, -0.1) is 0 Å². The van der Waals surface area contributed by atoms with Gasteiger partial charge >= 0.3 is 11.9 Å². The van der Waals surface area contributed by atoms with Crippen LogP contribution in [0.2, 0.25) is 0 Å². The van der Waals surface area contributed by atoms with E-state index >= 15 is 0 Å². The van der Waals surface area contributed by atoms with Gasteiger partial charge in [-0.2, -0.15) is 0 Å². The van der Waals surface area contributed by atoms with E-state index in [4.69, 9.17) is 9.47 Å². The Morgan fingerprint density at radius 2 is 1.71 bits per heavy atom. The van der Waals surface area contributed by atoms with Crippen molar-refractivity contribution in [3.05, 3.63) is 42.6 Å². The van der Waals surface area contributed by atoms with Crippen LogP contribution < -0.4 is 0 Å². The van der Waals surface area contributed by atoms with Crippen LogP contribution in [-0.2, 0) is 14.3 Å². The lowest BCUT2D eigenvalue weighted by Crippen LogP contribution is -2.17. The molecule has 0 aliphatic carbocycles. The van der Waals surface area contributed by atoms with Gasteiger partial charge in [-0.05, 0) is 58.2 Å². The number of halogens is 4. The summed E-state index contributed by atoms with van der Waals surface area (Å²) in [6.45, 7) is 4.40. The molecule has 0 spiro atoms. The minimum Gasteiger partial charge on any atom is -0.459 e. The van der Waals surface area contributed by atoms with Crippen molar-refractivity contribution in [2.75, 3.05) is 13.2 Å². The highest BCUT2D eigenvalue weighted by molar-refractivity contribution is 14.1. The fourth-order valence-electron chi connectivity index (χ4n) is 1.22. The fraction of sp³-hybridized carbons (Fsp3) is 0.231. The van der Waals surface area contributed by atoms with Crippen LogP contribution in [0.1, 0.15) is 17.3 Å². The predicted molar refractivity (Wildman–Crippen MR) is 87.8 cm³/mol. The maximum absolute atomic E-state index is 13.7. The normalized spacial score (nSPS) is 10.1. The molecule has 0 amide bonds. The molecule has 0 atom stereocenters. The molecule has 0 fully saturated rings. The second-order valence-electron chi connectivity index (χ2n) is 3.90. The van der Waals surface area contributed by atoms with E-state index in [9.17, 15) is 18.4 Å². The van der Waals surface area contributed by atoms with Crippen molar-refractivity contribution in [1.29, 1.82) is 0 Å². The average molecular weight is 522 g/mol. The van der Waals surface area contributed by atoms with Gasteiger partial charge in [0.05, 0.1) is 3.57 Å². The van der Waals surface area contributed by atoms with E-state index in [1.54, 1.807) is 45.2 Å². The van der Waals surface area contributed by atoms with Crippen molar-refractivity contribution in [3.63, 3.8) is 0 Å². The van der Waals surface area contributed by atoms with Gasteiger partial charge in [0.25, 0.3) is 0 Å². The molecule has 1 aromatic carbocycles. The second-order valence-corrected chi connectivity index (χ2v) is 6.22. The van der Waals surface area contributed by atoms with E-state index in [-0.39, 0.29) is 25.9 Å². The van der Waals surface area contributed by atoms with Crippen LogP contribution >= 0.6 is 45.2 Å². The van der Waals surface area contributed by atoms with Gasteiger partial charge in [0, 0.05) is 9.14 Å². The van der Waals surface area contributed by atoms with Crippen molar-refractivity contribution in [1.82, 2.24) is 0 Å². The van der Waals surface area contributed by atoms with Crippen LogP contribution in [0, 0.1) is 18.8 Å². The second kappa shape index (κ2) is 8.01. The maximum Gasteiger partial charge on any atom is 0.342 e. The van der Waals surface area contributed by atoms with Crippen molar-refractivity contribution in [2.45, 2.75) is 6.92 Å². The van der Waals surface area contributed by atoms with Gasteiger partial charge in [0.1, 0.15) is 18.8 Å². The first-order valence-electron chi connectivity index (χ1n) is 5.58. The molecule has 0 saturated heterocycles. The Morgan fingerprint density at radius 1 is 1.14 bits per heavy atom. The van der Waals surface area contributed by atoms with E-state index < -0.39 is 29.1 Å². The molecule has 8 heteroatoms. The summed E-state index contributed by atoms with van der Waals surface area (Å²) in [7, 11) is 0. The summed E-state index contributed by atoms with van der Waals surface area (Å²) < 4.78 is 36.9. The summed E-state index contributed by atoms with van der Waals surface area (Å²) in [6.07, 6.45) is 0. The number of hydrogen-bond donors (Lipinski definition) is 0. The smallest absolute Gasteiger partial charge is 0.342 e. The third kappa shape index (κ3) is 4.87. The Hall–Kier alpha value is -0.780. The number of ether oxygens (including phenoxy) is 2. The predicted octanol–water partition coefficient (Wildman–Crippen LogP) is 3.45. The molecule has 0 aliphatic heterocycles. The summed E-state index contributed by atoms with van der Waals surface area (Å²) >= 11 is 3.34. The summed E-state index contributed by atoms with van der Waals surface area (Å²) in [5, 5.41) is 0. The zero-order valence-electron chi connectivity index (χ0n) is 10.8. The molecular weight excluding hydrogens is 512 g/mol. The highest BCUT2D eigenvalue weighted by Crippen LogP contribution is 2.24. The lowest BCUT2D eigenvalue weighted by molar-refractivity contribution is -0.140. The highest BCUT2D eigenvalue weighted by Gasteiger charge is 2.23. The first-order valence-corrected chi connectivity index (χ1v) is 7.74. The SMILES string of the molecule is C=C(C)C(=O)OCCOC(=O)c1c(I)cc(I)c(F)c1F. The quantitative estimate of drug-likeness (QED) is 0.149. The number of rotatable bonds is 5. The number of carbonyl (C=O) groups excluding carboxylic acids is 2. The van der Waals surface area contributed by atoms with Crippen LogP contribution in [0.15, 0.2) is 18.2 Å². The van der Waals surface area contributed by atoms with Crippen LogP contribution in [0.5, 0.6) is 0 Å². The lowest BCUT2D eigenvalue weighted by atomic mass is 10.2. The first kappa shape index (κ1) is 18.3. The lowest BCUT2D eigenvalue weighted by Gasteiger charge is -2.09. The van der Waals surface area contributed by atoms with Crippen molar-refractivity contribution in [2.24, 2.45) is 0 Å². The van der Waals surface area contributed by atoms with Crippen molar-refractivity contribution in [3.8, 4) is 0 Å². The zero-order chi connectivity index (χ0) is 16.2. The largest absolute Gasteiger partial charge is 0.459 e. The molecule has 0 unspecified atom stereocenters. The Balaban J connectivity index is 2.67. The molecule has 4 nitrogen and oxygen atoms in total. The molecule has 0 aliphatic rings. The minimum absolute atomic E-state index is 0.0708. The van der Waals surface area contributed by atoms with E-state index in [1.165, 1.54) is 13.0 Å². The number of esters is 2. The van der Waals surface area contributed by atoms with Crippen molar-refractivity contribution >= 4 is 57.1 Å². The van der Waals surface area contributed by atoms with E-state index in [0.29, 0.717) is 0 Å². The molecule has 0 N–H and O–H groups in total. The summed E-state index contributed by atoms with van der Waals surface area (Å²) in [5.41, 5.74) is -0.263. The highest BCUT2D eigenvalue weighted by atomic mass is 127. The third-order valence-electron chi connectivity index (χ3n) is 2.22. The molecule has 0 saturated carbocycles. The Bertz CT molecular complexity index is 602. The first-order chi connectivity index (χ1) is 9.75. The van der Waals surface area contributed by atoms with Crippen LogP contribution in [0.3, 0.4) is 0 Å². The average Bonchev–Trinajstić information content (AvgIpc) is 2.40.